The van der Waals surface area contributed by atoms with E-state index in [1.165, 1.54) is 0 Å². The van der Waals surface area contributed by atoms with Crippen molar-refractivity contribution in [3.8, 4) is 11.3 Å². The number of ketones is 1. The molecule has 2 heterocycles. The van der Waals surface area contributed by atoms with E-state index in [9.17, 15) is 4.79 Å². The summed E-state index contributed by atoms with van der Waals surface area (Å²) < 4.78 is 0. The van der Waals surface area contributed by atoms with Gasteiger partial charge in [-0.05, 0) is 43.0 Å². The van der Waals surface area contributed by atoms with Gasteiger partial charge >= 0.3 is 0 Å². The van der Waals surface area contributed by atoms with Crippen molar-refractivity contribution < 1.29 is 4.79 Å². The Morgan fingerprint density at radius 1 is 1.23 bits per heavy atom. The van der Waals surface area contributed by atoms with E-state index in [0.29, 0.717) is 12.3 Å². The van der Waals surface area contributed by atoms with Gasteiger partial charge in [0, 0.05) is 39.8 Å². The number of rotatable bonds is 4. The first kappa shape index (κ1) is 17.4. The first-order valence-electron chi connectivity index (χ1n) is 8.76. The Hall–Kier alpha value is -1.98. The van der Waals surface area contributed by atoms with Crippen LogP contribution in [0.15, 0.2) is 46.8 Å². The smallest absolute Gasteiger partial charge is 0.164 e. The molecule has 1 aromatic carbocycles. The van der Waals surface area contributed by atoms with Gasteiger partial charge in [0.2, 0.25) is 0 Å². The molecular formula is C21H20N2OS2. The number of aromatic nitrogens is 2. The monoisotopic (exact) mass is 380 g/mol. The summed E-state index contributed by atoms with van der Waals surface area (Å²) in [4.78, 5) is 23.0. The predicted octanol–water partition coefficient (Wildman–Crippen LogP) is 5.57. The lowest BCUT2D eigenvalue weighted by atomic mass is 9.81. The number of Topliss-reactive ketones (excluding diaryl/α,β-unsaturated/α-hetero) is 1. The zero-order chi connectivity index (χ0) is 18.1. The van der Waals surface area contributed by atoms with Crippen LogP contribution >= 0.6 is 23.1 Å². The topological polar surface area (TPSA) is 42.9 Å². The molecule has 0 radical (unpaired) electrons. The van der Waals surface area contributed by atoms with E-state index in [-0.39, 0.29) is 5.78 Å². The Kier molecular flexibility index (Phi) is 4.92. The third-order valence-corrected chi connectivity index (χ3v) is 6.54. The lowest BCUT2D eigenvalue weighted by Crippen LogP contribution is -2.20. The van der Waals surface area contributed by atoms with Crippen molar-refractivity contribution in [2.45, 2.75) is 37.3 Å². The molecule has 1 aliphatic carbocycles. The van der Waals surface area contributed by atoms with Crippen LogP contribution < -0.4 is 0 Å². The SMILES string of the molecule is Cc1nc(CSc2ccc(-c3ccccn3)c3c2C(=O)CC(C)C3)cs1. The van der Waals surface area contributed by atoms with Crippen LogP contribution in [0.4, 0.5) is 0 Å². The molecule has 0 bridgehead atoms. The van der Waals surface area contributed by atoms with Crippen LogP contribution in [-0.2, 0) is 12.2 Å². The van der Waals surface area contributed by atoms with Crippen LogP contribution in [0.2, 0.25) is 0 Å². The summed E-state index contributed by atoms with van der Waals surface area (Å²) in [6.07, 6.45) is 3.36. The summed E-state index contributed by atoms with van der Waals surface area (Å²) in [5, 5.41) is 3.18. The normalized spacial score (nSPS) is 16.5. The summed E-state index contributed by atoms with van der Waals surface area (Å²) in [5.74, 6) is 1.43. The third-order valence-electron chi connectivity index (χ3n) is 4.62. The van der Waals surface area contributed by atoms with Gasteiger partial charge < -0.3 is 0 Å². The molecule has 1 aliphatic rings. The molecule has 1 unspecified atom stereocenters. The van der Waals surface area contributed by atoms with E-state index in [1.54, 1.807) is 23.1 Å². The van der Waals surface area contributed by atoms with E-state index < -0.39 is 0 Å². The standard InChI is InChI=1S/C21H20N2OS2/c1-13-9-17-16(18-5-3-4-8-22-18)6-7-20(21(17)19(24)10-13)26-12-15-11-25-14(2)23-15/h3-8,11,13H,9-10,12H2,1-2H3. The van der Waals surface area contributed by atoms with Gasteiger partial charge in [-0.25, -0.2) is 4.98 Å². The van der Waals surface area contributed by atoms with Crippen LogP contribution in [0.1, 0.15) is 40.0 Å². The minimum absolute atomic E-state index is 0.258. The molecular weight excluding hydrogens is 360 g/mol. The van der Waals surface area contributed by atoms with Crippen molar-refractivity contribution in [2.24, 2.45) is 5.92 Å². The molecule has 0 amide bonds. The zero-order valence-corrected chi connectivity index (χ0v) is 16.5. The predicted molar refractivity (Wildman–Crippen MR) is 108 cm³/mol. The molecule has 0 spiro atoms. The first-order chi connectivity index (χ1) is 12.6. The highest BCUT2D eigenvalue weighted by atomic mass is 32.2. The van der Waals surface area contributed by atoms with Gasteiger partial charge in [0.25, 0.3) is 0 Å². The highest BCUT2D eigenvalue weighted by molar-refractivity contribution is 7.98. The van der Waals surface area contributed by atoms with Gasteiger partial charge in [0.15, 0.2) is 5.78 Å². The summed E-state index contributed by atoms with van der Waals surface area (Å²) in [6.45, 7) is 4.17. The number of nitrogens with zero attached hydrogens (tertiary/aromatic N) is 2. The van der Waals surface area contributed by atoms with Crippen LogP contribution in [0, 0.1) is 12.8 Å². The number of hydrogen-bond donors (Lipinski definition) is 0. The van der Waals surface area contributed by atoms with E-state index in [4.69, 9.17) is 0 Å². The average Bonchev–Trinajstić information content (AvgIpc) is 3.05. The number of carbonyl (C=O) groups excluding carboxylic acids is 1. The molecule has 4 rings (SSSR count). The maximum atomic E-state index is 12.9. The number of pyridine rings is 1. The maximum Gasteiger partial charge on any atom is 0.164 e. The van der Waals surface area contributed by atoms with Gasteiger partial charge in [-0.3, -0.25) is 9.78 Å². The number of thioether (sulfide) groups is 1. The van der Waals surface area contributed by atoms with Crippen LogP contribution in [-0.4, -0.2) is 15.8 Å². The highest BCUT2D eigenvalue weighted by Gasteiger charge is 2.28. The van der Waals surface area contributed by atoms with E-state index >= 15 is 0 Å². The third kappa shape index (κ3) is 3.46. The molecule has 3 aromatic rings. The fourth-order valence-corrected chi connectivity index (χ4v) is 5.21. The summed E-state index contributed by atoms with van der Waals surface area (Å²) in [7, 11) is 0. The van der Waals surface area contributed by atoms with Crippen molar-refractivity contribution >= 4 is 28.9 Å². The van der Waals surface area contributed by atoms with Gasteiger partial charge in [-0.2, -0.15) is 0 Å². The largest absolute Gasteiger partial charge is 0.294 e. The number of aryl methyl sites for hydroxylation is 1. The quantitative estimate of drug-likeness (QED) is 0.555. The van der Waals surface area contributed by atoms with Gasteiger partial charge in [0.05, 0.1) is 16.4 Å². The second-order valence-corrected chi connectivity index (χ2v) is 8.84. The highest BCUT2D eigenvalue weighted by Crippen LogP contribution is 2.39. The number of benzene rings is 1. The van der Waals surface area contributed by atoms with Crippen molar-refractivity contribution in [1.82, 2.24) is 9.97 Å². The minimum Gasteiger partial charge on any atom is -0.294 e. The minimum atomic E-state index is 0.258. The molecule has 3 nitrogen and oxygen atoms in total. The van der Waals surface area contributed by atoms with Crippen LogP contribution in [0.25, 0.3) is 11.3 Å². The average molecular weight is 381 g/mol. The molecule has 0 N–H and O–H groups in total. The van der Waals surface area contributed by atoms with Gasteiger partial charge in [-0.15, -0.1) is 23.1 Å². The molecule has 2 aromatic heterocycles. The fourth-order valence-electron chi connectivity index (χ4n) is 3.49. The first-order valence-corrected chi connectivity index (χ1v) is 10.6. The Labute approximate surface area is 161 Å². The van der Waals surface area contributed by atoms with Crippen molar-refractivity contribution in [1.29, 1.82) is 0 Å². The van der Waals surface area contributed by atoms with Crippen molar-refractivity contribution in [2.75, 3.05) is 0 Å². The molecule has 26 heavy (non-hydrogen) atoms. The molecule has 5 heteroatoms. The van der Waals surface area contributed by atoms with E-state index in [2.05, 4.69) is 34.4 Å². The number of thiazole rings is 1. The van der Waals surface area contributed by atoms with Gasteiger partial charge in [-0.1, -0.05) is 19.1 Å². The molecule has 132 valence electrons. The van der Waals surface area contributed by atoms with Crippen molar-refractivity contribution in [3.63, 3.8) is 0 Å². The molecule has 0 fully saturated rings. The molecule has 0 saturated heterocycles. The lowest BCUT2D eigenvalue weighted by Gasteiger charge is -2.25. The van der Waals surface area contributed by atoms with Gasteiger partial charge in [0.1, 0.15) is 0 Å². The lowest BCUT2D eigenvalue weighted by molar-refractivity contribution is 0.0950. The summed E-state index contributed by atoms with van der Waals surface area (Å²) in [5.41, 5.74) is 5.18. The second kappa shape index (κ2) is 7.33. The number of hydrogen-bond acceptors (Lipinski definition) is 5. The molecule has 1 atom stereocenters. The summed E-state index contributed by atoms with van der Waals surface area (Å²) >= 11 is 3.38. The fraction of sp³-hybridized carbons (Fsp3) is 0.286. The zero-order valence-electron chi connectivity index (χ0n) is 14.9. The Morgan fingerprint density at radius 2 is 2.12 bits per heavy atom. The van der Waals surface area contributed by atoms with E-state index in [1.807, 2.05) is 31.3 Å². The Balaban J connectivity index is 1.74. The molecule has 0 aliphatic heterocycles. The van der Waals surface area contributed by atoms with E-state index in [0.717, 1.165) is 50.2 Å². The molecule has 0 saturated carbocycles. The Morgan fingerprint density at radius 3 is 2.85 bits per heavy atom. The summed E-state index contributed by atoms with van der Waals surface area (Å²) in [6, 6.07) is 10.1. The van der Waals surface area contributed by atoms with Crippen LogP contribution in [0.3, 0.4) is 0 Å². The number of carbonyl (C=O) groups is 1. The van der Waals surface area contributed by atoms with Crippen molar-refractivity contribution in [3.05, 3.63) is 63.7 Å². The second-order valence-electron chi connectivity index (χ2n) is 6.76. The maximum absolute atomic E-state index is 12.9. The number of fused-ring (bicyclic) bond motifs is 1. The van der Waals surface area contributed by atoms with Crippen LogP contribution in [0.5, 0.6) is 0 Å². The Bertz CT molecular complexity index is 950.